The third kappa shape index (κ3) is 4.18. The van der Waals surface area contributed by atoms with Crippen LogP contribution in [0.4, 0.5) is 0 Å². The van der Waals surface area contributed by atoms with E-state index >= 15 is 0 Å². The molecule has 2 fully saturated rings. The topological polar surface area (TPSA) is 67.9 Å². The van der Waals surface area contributed by atoms with Crippen LogP contribution in [0.25, 0.3) is 0 Å². The molecule has 2 heterocycles. The van der Waals surface area contributed by atoms with Crippen molar-refractivity contribution in [3.63, 3.8) is 0 Å². The average Bonchev–Trinajstić information content (AvgIpc) is 3.06. The molecule has 0 bridgehead atoms. The van der Waals surface area contributed by atoms with Gasteiger partial charge in [-0.15, -0.1) is 0 Å². The van der Waals surface area contributed by atoms with E-state index < -0.39 is 0 Å². The van der Waals surface area contributed by atoms with Crippen molar-refractivity contribution >= 4 is 11.9 Å². The van der Waals surface area contributed by atoms with Gasteiger partial charge in [-0.2, -0.15) is 0 Å². The van der Waals surface area contributed by atoms with Gasteiger partial charge in [0, 0.05) is 19.7 Å². The molecule has 2 aliphatic rings. The summed E-state index contributed by atoms with van der Waals surface area (Å²) in [4.78, 5) is 25.1. The van der Waals surface area contributed by atoms with Crippen LogP contribution >= 0.6 is 0 Å². The Balaban J connectivity index is 1.64. The Morgan fingerprint density at radius 3 is 2.95 bits per heavy atom. The van der Waals surface area contributed by atoms with Gasteiger partial charge in [-0.1, -0.05) is 0 Å². The summed E-state index contributed by atoms with van der Waals surface area (Å²) >= 11 is 0. The number of nitrogens with one attached hydrogen (secondary N) is 1. The van der Waals surface area contributed by atoms with Crippen molar-refractivity contribution in [1.29, 1.82) is 0 Å². The summed E-state index contributed by atoms with van der Waals surface area (Å²) in [6.07, 6.45) is 3.04. The molecule has 2 unspecified atom stereocenters. The highest BCUT2D eigenvalue weighted by atomic mass is 16.5. The van der Waals surface area contributed by atoms with Gasteiger partial charge in [0.05, 0.1) is 25.7 Å². The first-order valence-electron chi connectivity index (χ1n) is 6.87. The SMILES string of the molecule is COC(=O)C1CCN(CC(=O)NCC2CCCO2)C1. The predicted molar refractivity (Wildman–Crippen MR) is 68.5 cm³/mol. The molecule has 0 aliphatic carbocycles. The predicted octanol–water partition coefficient (Wildman–Crippen LogP) is -0.223. The number of nitrogens with zero attached hydrogens (tertiary/aromatic N) is 1. The summed E-state index contributed by atoms with van der Waals surface area (Å²) in [6, 6.07) is 0. The summed E-state index contributed by atoms with van der Waals surface area (Å²) in [5.74, 6) is -0.265. The molecule has 6 heteroatoms. The molecular weight excluding hydrogens is 248 g/mol. The van der Waals surface area contributed by atoms with Crippen molar-refractivity contribution in [2.75, 3.05) is 39.9 Å². The second-order valence-corrected chi connectivity index (χ2v) is 5.18. The fraction of sp³-hybridized carbons (Fsp3) is 0.846. The van der Waals surface area contributed by atoms with Crippen LogP contribution in [0.5, 0.6) is 0 Å². The molecule has 2 rings (SSSR count). The lowest BCUT2D eigenvalue weighted by atomic mass is 10.1. The first kappa shape index (κ1) is 14.3. The molecule has 2 saturated heterocycles. The Hall–Kier alpha value is -1.14. The minimum Gasteiger partial charge on any atom is -0.469 e. The van der Waals surface area contributed by atoms with Gasteiger partial charge in [0.25, 0.3) is 0 Å². The van der Waals surface area contributed by atoms with Crippen LogP contribution in [0.3, 0.4) is 0 Å². The zero-order chi connectivity index (χ0) is 13.7. The maximum absolute atomic E-state index is 11.8. The fourth-order valence-corrected chi connectivity index (χ4v) is 2.63. The lowest BCUT2D eigenvalue weighted by Crippen LogP contribution is -2.39. The molecule has 2 atom stereocenters. The first-order chi connectivity index (χ1) is 9.19. The molecule has 6 nitrogen and oxygen atoms in total. The van der Waals surface area contributed by atoms with Gasteiger partial charge >= 0.3 is 5.97 Å². The minimum absolute atomic E-state index is 0.000941. The second-order valence-electron chi connectivity index (χ2n) is 5.18. The molecule has 0 spiro atoms. The Morgan fingerprint density at radius 2 is 2.26 bits per heavy atom. The number of carbonyl (C=O) groups is 2. The zero-order valence-electron chi connectivity index (χ0n) is 11.4. The normalized spacial score (nSPS) is 27.4. The molecule has 0 aromatic heterocycles. The molecule has 0 saturated carbocycles. The van der Waals surface area contributed by atoms with Crippen molar-refractivity contribution < 1.29 is 19.1 Å². The van der Waals surface area contributed by atoms with E-state index in [1.165, 1.54) is 7.11 Å². The minimum atomic E-state index is -0.178. The van der Waals surface area contributed by atoms with E-state index in [1.807, 2.05) is 4.90 Å². The van der Waals surface area contributed by atoms with E-state index in [1.54, 1.807) is 0 Å². The highest BCUT2D eigenvalue weighted by molar-refractivity contribution is 5.78. The quantitative estimate of drug-likeness (QED) is 0.699. The number of ether oxygens (including phenoxy) is 2. The zero-order valence-corrected chi connectivity index (χ0v) is 11.4. The van der Waals surface area contributed by atoms with Gasteiger partial charge in [0.15, 0.2) is 0 Å². The number of methoxy groups -OCH3 is 1. The number of rotatable bonds is 5. The highest BCUT2D eigenvalue weighted by Gasteiger charge is 2.29. The fourth-order valence-electron chi connectivity index (χ4n) is 2.63. The van der Waals surface area contributed by atoms with Gasteiger partial charge in [-0.25, -0.2) is 0 Å². The summed E-state index contributed by atoms with van der Waals surface area (Å²) in [7, 11) is 1.40. The van der Waals surface area contributed by atoms with E-state index in [0.717, 1.165) is 32.4 Å². The number of hydrogen-bond donors (Lipinski definition) is 1. The molecule has 2 aliphatic heterocycles. The number of carbonyl (C=O) groups excluding carboxylic acids is 2. The van der Waals surface area contributed by atoms with Crippen LogP contribution in [0.1, 0.15) is 19.3 Å². The van der Waals surface area contributed by atoms with E-state index in [-0.39, 0.29) is 23.9 Å². The third-order valence-electron chi connectivity index (χ3n) is 3.72. The standard InChI is InChI=1S/C13H22N2O4/c1-18-13(17)10-4-5-15(8-10)9-12(16)14-7-11-3-2-6-19-11/h10-11H,2-9H2,1H3,(H,14,16). The van der Waals surface area contributed by atoms with Crippen LogP contribution in [0.15, 0.2) is 0 Å². The molecule has 108 valence electrons. The third-order valence-corrected chi connectivity index (χ3v) is 3.72. The van der Waals surface area contributed by atoms with Gasteiger partial charge < -0.3 is 14.8 Å². The summed E-state index contributed by atoms with van der Waals surface area (Å²) < 4.78 is 10.2. The van der Waals surface area contributed by atoms with Gasteiger partial charge in [0.1, 0.15) is 0 Å². The van der Waals surface area contributed by atoms with Gasteiger partial charge in [-0.3, -0.25) is 14.5 Å². The number of amides is 1. The van der Waals surface area contributed by atoms with E-state index in [9.17, 15) is 9.59 Å². The lowest BCUT2D eigenvalue weighted by molar-refractivity contribution is -0.145. The lowest BCUT2D eigenvalue weighted by Gasteiger charge is -2.16. The van der Waals surface area contributed by atoms with Crippen LogP contribution < -0.4 is 5.32 Å². The van der Waals surface area contributed by atoms with Gasteiger partial charge in [0.2, 0.25) is 5.91 Å². The van der Waals surface area contributed by atoms with Crippen LogP contribution in [0, 0.1) is 5.92 Å². The summed E-state index contributed by atoms with van der Waals surface area (Å²) in [5.41, 5.74) is 0. The van der Waals surface area contributed by atoms with E-state index in [2.05, 4.69) is 5.32 Å². The maximum Gasteiger partial charge on any atom is 0.310 e. The monoisotopic (exact) mass is 270 g/mol. The Kier molecular flexibility index (Phi) is 5.15. The van der Waals surface area contributed by atoms with Gasteiger partial charge in [-0.05, 0) is 25.8 Å². The largest absolute Gasteiger partial charge is 0.469 e. The number of likely N-dealkylation sites (tertiary alicyclic amines) is 1. The van der Waals surface area contributed by atoms with Crippen molar-refractivity contribution in [2.45, 2.75) is 25.4 Å². The maximum atomic E-state index is 11.8. The van der Waals surface area contributed by atoms with Crippen molar-refractivity contribution in [1.82, 2.24) is 10.2 Å². The Morgan fingerprint density at radius 1 is 1.42 bits per heavy atom. The molecule has 1 N–H and O–H groups in total. The van der Waals surface area contributed by atoms with E-state index in [0.29, 0.717) is 19.6 Å². The summed E-state index contributed by atoms with van der Waals surface area (Å²) in [5, 5.41) is 2.89. The first-order valence-corrected chi connectivity index (χ1v) is 6.87. The number of hydrogen-bond acceptors (Lipinski definition) is 5. The molecular formula is C13H22N2O4. The second kappa shape index (κ2) is 6.86. The van der Waals surface area contributed by atoms with Crippen molar-refractivity contribution in [3.8, 4) is 0 Å². The van der Waals surface area contributed by atoms with Crippen molar-refractivity contribution in [3.05, 3.63) is 0 Å². The van der Waals surface area contributed by atoms with Crippen LogP contribution in [-0.4, -0.2) is 62.8 Å². The van der Waals surface area contributed by atoms with E-state index in [4.69, 9.17) is 9.47 Å². The molecule has 0 radical (unpaired) electrons. The Labute approximate surface area is 113 Å². The molecule has 1 amide bonds. The smallest absolute Gasteiger partial charge is 0.310 e. The highest BCUT2D eigenvalue weighted by Crippen LogP contribution is 2.17. The average molecular weight is 270 g/mol. The molecule has 19 heavy (non-hydrogen) atoms. The van der Waals surface area contributed by atoms with Crippen LogP contribution in [-0.2, 0) is 19.1 Å². The molecule has 0 aromatic carbocycles. The van der Waals surface area contributed by atoms with Crippen molar-refractivity contribution in [2.24, 2.45) is 5.92 Å². The molecule has 0 aromatic rings. The summed E-state index contributed by atoms with van der Waals surface area (Å²) in [6.45, 7) is 3.12. The van der Waals surface area contributed by atoms with Crippen LogP contribution in [0.2, 0.25) is 0 Å². The number of esters is 1. The Bertz CT molecular complexity index is 329.